The Morgan fingerprint density at radius 2 is 2.22 bits per heavy atom. The van der Waals surface area contributed by atoms with E-state index in [2.05, 4.69) is 10.3 Å². The van der Waals surface area contributed by atoms with Crippen LogP contribution in [0, 0.1) is 5.82 Å². The number of hydrogen-bond donors (Lipinski definition) is 3. The molecule has 0 fully saturated rings. The van der Waals surface area contributed by atoms with Crippen molar-refractivity contribution < 1.29 is 14.4 Å². The molecule has 4 nitrogen and oxygen atoms in total. The van der Waals surface area contributed by atoms with E-state index in [4.69, 9.17) is 21.6 Å². The van der Waals surface area contributed by atoms with Crippen LogP contribution < -0.4 is 10.8 Å². The predicted octanol–water partition coefficient (Wildman–Crippen LogP) is 1.23. The van der Waals surface area contributed by atoms with E-state index >= 15 is 0 Å². The molecule has 0 bridgehead atoms. The largest absolute Gasteiger partial charge is 0.490 e. The quantitative estimate of drug-likeness (QED) is 0.740. The van der Waals surface area contributed by atoms with Gasteiger partial charge in [0.2, 0.25) is 0 Å². The second kappa shape index (κ2) is 5.66. The standard InChI is InChI=1S/C10H9BClFN2O2S/c12-10-15-5-7(18-10)4-14-9-2-1-6(13)3-8(9)11(16)17/h1-3,5,14,16-17H,4H2. The molecule has 94 valence electrons. The molecule has 0 saturated carbocycles. The highest BCUT2D eigenvalue weighted by Gasteiger charge is 2.16. The average molecular weight is 287 g/mol. The van der Waals surface area contributed by atoms with Gasteiger partial charge in [0, 0.05) is 22.2 Å². The Labute approximate surface area is 112 Å². The molecular formula is C10H9BClFN2O2S. The Morgan fingerprint density at radius 3 is 2.83 bits per heavy atom. The zero-order valence-electron chi connectivity index (χ0n) is 9.10. The summed E-state index contributed by atoms with van der Waals surface area (Å²) in [6.45, 7) is 0.426. The van der Waals surface area contributed by atoms with E-state index in [0.29, 0.717) is 16.7 Å². The lowest BCUT2D eigenvalue weighted by atomic mass is 9.79. The van der Waals surface area contributed by atoms with Crippen LogP contribution in [0.15, 0.2) is 24.4 Å². The van der Waals surface area contributed by atoms with Crippen LogP contribution in [0.3, 0.4) is 0 Å². The van der Waals surface area contributed by atoms with E-state index in [9.17, 15) is 4.39 Å². The van der Waals surface area contributed by atoms with Crippen molar-refractivity contribution in [2.45, 2.75) is 6.54 Å². The van der Waals surface area contributed by atoms with Crippen molar-refractivity contribution in [1.29, 1.82) is 0 Å². The molecule has 0 aliphatic carbocycles. The van der Waals surface area contributed by atoms with Crippen LogP contribution in [-0.2, 0) is 6.54 Å². The van der Waals surface area contributed by atoms with Crippen molar-refractivity contribution in [3.8, 4) is 0 Å². The first-order valence-corrected chi connectivity index (χ1v) is 6.25. The number of nitrogens with zero attached hydrogens (tertiary/aromatic N) is 1. The molecule has 18 heavy (non-hydrogen) atoms. The lowest BCUT2D eigenvalue weighted by molar-refractivity contribution is 0.425. The fraction of sp³-hybridized carbons (Fsp3) is 0.100. The first-order valence-electron chi connectivity index (χ1n) is 5.06. The second-order valence-corrected chi connectivity index (χ2v) is 5.24. The van der Waals surface area contributed by atoms with Gasteiger partial charge in [-0.25, -0.2) is 9.37 Å². The number of rotatable bonds is 4. The maximum Gasteiger partial charge on any atom is 0.490 e. The van der Waals surface area contributed by atoms with Crippen LogP contribution in [0.25, 0.3) is 0 Å². The molecule has 0 aliphatic heterocycles. The molecule has 0 amide bonds. The highest BCUT2D eigenvalue weighted by Crippen LogP contribution is 2.18. The van der Waals surface area contributed by atoms with E-state index < -0.39 is 12.9 Å². The third kappa shape index (κ3) is 3.20. The second-order valence-electron chi connectivity index (χ2n) is 3.54. The number of anilines is 1. The van der Waals surface area contributed by atoms with E-state index in [0.717, 1.165) is 10.9 Å². The summed E-state index contributed by atoms with van der Waals surface area (Å²) in [5.74, 6) is -0.524. The molecule has 0 atom stereocenters. The molecule has 0 spiro atoms. The number of thiazole rings is 1. The Bertz CT molecular complexity index is 552. The zero-order chi connectivity index (χ0) is 13.1. The van der Waals surface area contributed by atoms with Gasteiger partial charge in [-0.1, -0.05) is 11.6 Å². The number of aromatic nitrogens is 1. The van der Waals surface area contributed by atoms with Gasteiger partial charge in [-0.3, -0.25) is 0 Å². The minimum Gasteiger partial charge on any atom is -0.423 e. The summed E-state index contributed by atoms with van der Waals surface area (Å²) in [5.41, 5.74) is 0.543. The molecule has 1 aromatic carbocycles. The SMILES string of the molecule is OB(O)c1cc(F)ccc1NCc1cnc(Cl)s1. The molecule has 2 rings (SSSR count). The van der Waals surface area contributed by atoms with Crippen molar-refractivity contribution in [2.75, 3.05) is 5.32 Å². The number of benzene rings is 1. The summed E-state index contributed by atoms with van der Waals surface area (Å²) in [7, 11) is -1.73. The highest BCUT2D eigenvalue weighted by molar-refractivity contribution is 7.15. The van der Waals surface area contributed by atoms with Crippen LogP contribution in [0.4, 0.5) is 10.1 Å². The van der Waals surface area contributed by atoms with Crippen LogP contribution >= 0.6 is 22.9 Å². The first kappa shape index (κ1) is 13.3. The predicted molar refractivity (Wildman–Crippen MR) is 70.7 cm³/mol. The molecule has 1 aromatic heterocycles. The summed E-state index contributed by atoms with van der Waals surface area (Å²) >= 11 is 7.01. The summed E-state index contributed by atoms with van der Waals surface area (Å²) in [6, 6.07) is 3.77. The average Bonchev–Trinajstić information content (AvgIpc) is 2.73. The van der Waals surface area contributed by atoms with Gasteiger partial charge in [0.05, 0.1) is 6.54 Å². The van der Waals surface area contributed by atoms with Crippen molar-refractivity contribution in [1.82, 2.24) is 4.98 Å². The van der Waals surface area contributed by atoms with E-state index in [1.807, 2.05) is 0 Å². The minimum absolute atomic E-state index is 0.0885. The van der Waals surface area contributed by atoms with Gasteiger partial charge in [-0.05, 0) is 18.2 Å². The van der Waals surface area contributed by atoms with E-state index in [-0.39, 0.29) is 5.46 Å². The Hall–Kier alpha value is -1.15. The Morgan fingerprint density at radius 1 is 1.44 bits per heavy atom. The van der Waals surface area contributed by atoms with Crippen molar-refractivity contribution in [3.05, 3.63) is 39.6 Å². The van der Waals surface area contributed by atoms with E-state index in [1.165, 1.54) is 23.5 Å². The Balaban J connectivity index is 2.13. The lowest BCUT2D eigenvalue weighted by Crippen LogP contribution is -2.32. The molecule has 0 aliphatic rings. The monoisotopic (exact) mass is 286 g/mol. The summed E-state index contributed by atoms with van der Waals surface area (Å²) in [5, 5.41) is 21.3. The molecule has 2 aromatic rings. The number of hydrogen-bond acceptors (Lipinski definition) is 5. The molecular weight excluding hydrogens is 277 g/mol. The van der Waals surface area contributed by atoms with Crippen LogP contribution in [0.1, 0.15) is 4.88 Å². The summed E-state index contributed by atoms with van der Waals surface area (Å²) < 4.78 is 13.4. The third-order valence-corrected chi connectivity index (χ3v) is 3.39. The molecule has 0 unspecified atom stereocenters. The Kier molecular flexibility index (Phi) is 4.18. The third-order valence-electron chi connectivity index (χ3n) is 2.27. The zero-order valence-corrected chi connectivity index (χ0v) is 10.7. The van der Waals surface area contributed by atoms with Gasteiger partial charge < -0.3 is 15.4 Å². The van der Waals surface area contributed by atoms with Gasteiger partial charge >= 0.3 is 7.12 Å². The van der Waals surface area contributed by atoms with Gasteiger partial charge in [0.15, 0.2) is 4.47 Å². The molecule has 8 heteroatoms. The van der Waals surface area contributed by atoms with Gasteiger partial charge in [-0.2, -0.15) is 0 Å². The highest BCUT2D eigenvalue weighted by atomic mass is 35.5. The fourth-order valence-electron chi connectivity index (χ4n) is 1.46. The van der Waals surface area contributed by atoms with E-state index in [1.54, 1.807) is 6.20 Å². The maximum atomic E-state index is 13.0. The van der Waals surface area contributed by atoms with Gasteiger partial charge in [0.25, 0.3) is 0 Å². The summed E-state index contributed by atoms with van der Waals surface area (Å²) in [6.07, 6.45) is 1.62. The normalized spacial score (nSPS) is 10.4. The first-order chi connectivity index (χ1) is 8.56. The number of halogens is 2. The molecule has 3 N–H and O–H groups in total. The molecule has 0 radical (unpaired) electrons. The van der Waals surface area contributed by atoms with Crippen molar-refractivity contribution in [2.24, 2.45) is 0 Å². The minimum atomic E-state index is -1.73. The van der Waals surface area contributed by atoms with Crippen molar-refractivity contribution in [3.63, 3.8) is 0 Å². The molecule has 0 saturated heterocycles. The van der Waals surface area contributed by atoms with Crippen LogP contribution in [0.2, 0.25) is 4.47 Å². The molecule has 1 heterocycles. The topological polar surface area (TPSA) is 65.4 Å². The van der Waals surface area contributed by atoms with Gasteiger partial charge in [-0.15, -0.1) is 11.3 Å². The summed E-state index contributed by atoms with van der Waals surface area (Å²) in [4.78, 5) is 4.78. The smallest absolute Gasteiger partial charge is 0.423 e. The lowest BCUT2D eigenvalue weighted by Gasteiger charge is -2.10. The van der Waals surface area contributed by atoms with Crippen LogP contribution in [-0.4, -0.2) is 22.2 Å². The van der Waals surface area contributed by atoms with Crippen molar-refractivity contribution >= 4 is 41.2 Å². The van der Waals surface area contributed by atoms with Crippen LogP contribution in [0.5, 0.6) is 0 Å². The number of nitrogens with one attached hydrogen (secondary N) is 1. The fourth-order valence-corrected chi connectivity index (χ4v) is 2.37. The van der Waals surface area contributed by atoms with Gasteiger partial charge in [0.1, 0.15) is 5.82 Å². The maximum absolute atomic E-state index is 13.0.